The third-order valence-corrected chi connectivity index (χ3v) is 3.12. The molecule has 2 heterocycles. The monoisotopic (exact) mass is 265 g/mol. The summed E-state index contributed by atoms with van der Waals surface area (Å²) in [5.74, 6) is -0.469. The zero-order chi connectivity index (χ0) is 13.4. The van der Waals surface area contributed by atoms with E-state index >= 15 is 0 Å². The molecule has 1 atom stereocenters. The van der Waals surface area contributed by atoms with E-state index in [1.807, 2.05) is 20.2 Å². The predicted molar refractivity (Wildman–Crippen MR) is 71.4 cm³/mol. The summed E-state index contributed by atoms with van der Waals surface area (Å²) >= 11 is 5.11. The lowest BCUT2D eigenvalue weighted by Crippen LogP contribution is -2.46. The fraction of sp³-hybridized carbons (Fsp3) is 0.364. The van der Waals surface area contributed by atoms with Crippen molar-refractivity contribution in [3.05, 3.63) is 28.7 Å². The fourth-order valence-corrected chi connectivity index (χ4v) is 2.43. The van der Waals surface area contributed by atoms with Gasteiger partial charge in [0.25, 0.3) is 0 Å². The van der Waals surface area contributed by atoms with Gasteiger partial charge in [-0.15, -0.1) is 0 Å². The summed E-state index contributed by atoms with van der Waals surface area (Å²) in [6.07, 6.45) is 1.86. The van der Waals surface area contributed by atoms with Gasteiger partial charge < -0.3 is 16.4 Å². The van der Waals surface area contributed by atoms with Crippen molar-refractivity contribution in [1.82, 2.24) is 20.4 Å². The molecule has 1 aromatic heterocycles. The van der Waals surface area contributed by atoms with Gasteiger partial charge in [-0.3, -0.25) is 9.48 Å². The second-order valence-electron chi connectivity index (χ2n) is 4.28. The first-order valence-electron chi connectivity index (χ1n) is 5.48. The highest BCUT2D eigenvalue weighted by molar-refractivity contribution is 7.80. The number of carbonyl (C=O) groups excluding carboxylic acids is 1. The number of thiocarbonyl (C=S) groups is 1. The minimum atomic E-state index is -0.469. The average Bonchev–Trinajstić information content (AvgIpc) is 2.55. The Balaban J connectivity index is 2.53. The molecule has 18 heavy (non-hydrogen) atoms. The second kappa shape index (κ2) is 4.41. The molecule has 0 saturated heterocycles. The van der Waals surface area contributed by atoms with Crippen molar-refractivity contribution in [2.45, 2.75) is 19.9 Å². The van der Waals surface area contributed by atoms with Crippen molar-refractivity contribution in [2.24, 2.45) is 12.8 Å². The van der Waals surface area contributed by atoms with Crippen molar-refractivity contribution in [1.29, 1.82) is 0 Å². The maximum Gasteiger partial charge on any atom is 0.248 e. The molecule has 1 aliphatic heterocycles. The molecule has 2 rings (SSSR count). The maximum absolute atomic E-state index is 11.6. The average molecular weight is 265 g/mol. The lowest BCUT2D eigenvalue weighted by atomic mass is 9.96. The number of amides is 1. The van der Waals surface area contributed by atoms with Crippen molar-refractivity contribution < 1.29 is 4.79 Å². The molecule has 1 amide bonds. The van der Waals surface area contributed by atoms with Crippen LogP contribution in [0.4, 0.5) is 0 Å². The lowest BCUT2D eigenvalue weighted by molar-refractivity contribution is -0.115. The Morgan fingerprint density at radius 1 is 1.56 bits per heavy atom. The Kier molecular flexibility index (Phi) is 3.08. The highest BCUT2D eigenvalue weighted by Gasteiger charge is 2.30. The van der Waals surface area contributed by atoms with Gasteiger partial charge in [0.2, 0.25) is 5.91 Å². The van der Waals surface area contributed by atoms with Crippen LogP contribution in [0.1, 0.15) is 24.2 Å². The van der Waals surface area contributed by atoms with Crippen LogP contribution < -0.4 is 16.4 Å². The van der Waals surface area contributed by atoms with Gasteiger partial charge in [0.05, 0.1) is 17.3 Å². The molecule has 6 nitrogen and oxygen atoms in total. The van der Waals surface area contributed by atoms with Gasteiger partial charge in [0.15, 0.2) is 5.11 Å². The Morgan fingerprint density at radius 3 is 2.72 bits per heavy atom. The topological polar surface area (TPSA) is 85.0 Å². The molecule has 0 fully saturated rings. The van der Waals surface area contributed by atoms with Gasteiger partial charge in [-0.25, -0.2) is 0 Å². The molecule has 1 aliphatic rings. The van der Waals surface area contributed by atoms with E-state index in [4.69, 9.17) is 18.0 Å². The Bertz CT molecular complexity index is 560. The number of aryl methyl sites for hydroxylation is 2. The van der Waals surface area contributed by atoms with Crippen molar-refractivity contribution in [3.63, 3.8) is 0 Å². The number of nitrogens with two attached hydrogens (primary N) is 1. The third kappa shape index (κ3) is 2.08. The molecular weight excluding hydrogens is 250 g/mol. The number of nitrogens with zero attached hydrogens (tertiary/aromatic N) is 2. The van der Waals surface area contributed by atoms with E-state index < -0.39 is 5.91 Å². The number of hydrogen-bond donors (Lipinski definition) is 3. The molecule has 0 radical (unpaired) electrons. The number of rotatable bonds is 2. The van der Waals surface area contributed by atoms with E-state index in [1.165, 1.54) is 0 Å². The Hall–Kier alpha value is -1.89. The number of nitrogens with one attached hydrogen (secondary N) is 2. The van der Waals surface area contributed by atoms with Crippen molar-refractivity contribution in [3.8, 4) is 0 Å². The van der Waals surface area contributed by atoms with E-state index in [-0.39, 0.29) is 6.04 Å². The first-order chi connectivity index (χ1) is 8.40. The molecule has 1 aromatic rings. The van der Waals surface area contributed by atoms with Crippen LogP contribution in [0.5, 0.6) is 0 Å². The molecule has 0 aromatic carbocycles. The highest BCUT2D eigenvalue weighted by Crippen LogP contribution is 2.27. The van der Waals surface area contributed by atoms with Crippen LogP contribution in [0.2, 0.25) is 0 Å². The quantitative estimate of drug-likeness (QED) is 0.656. The van der Waals surface area contributed by atoms with Crippen molar-refractivity contribution in [2.75, 3.05) is 0 Å². The van der Waals surface area contributed by atoms with E-state index in [2.05, 4.69) is 15.7 Å². The van der Waals surface area contributed by atoms with Crippen LogP contribution in [-0.2, 0) is 11.8 Å². The molecule has 96 valence electrons. The normalized spacial score (nSPS) is 19.5. The SMILES string of the molecule is CC1=C(C(N)=O)[C@@H](c2cn(C)nc2C)NC(=S)N1. The van der Waals surface area contributed by atoms with Crippen molar-refractivity contribution >= 4 is 23.2 Å². The molecule has 0 unspecified atom stereocenters. The number of carbonyl (C=O) groups is 1. The van der Waals surface area contributed by atoms with Gasteiger partial charge >= 0.3 is 0 Å². The summed E-state index contributed by atoms with van der Waals surface area (Å²) in [5.41, 5.74) is 8.34. The molecule has 7 heteroatoms. The van der Waals surface area contributed by atoms with Crippen LogP contribution in [0, 0.1) is 6.92 Å². The molecule has 0 spiro atoms. The Labute approximate surface area is 110 Å². The zero-order valence-corrected chi connectivity index (χ0v) is 11.3. The second-order valence-corrected chi connectivity index (χ2v) is 4.69. The first kappa shape index (κ1) is 12.6. The fourth-order valence-electron chi connectivity index (χ4n) is 2.16. The van der Waals surface area contributed by atoms with Gasteiger partial charge in [0.1, 0.15) is 0 Å². The van der Waals surface area contributed by atoms with Gasteiger partial charge in [-0.1, -0.05) is 0 Å². The van der Waals surface area contributed by atoms with Gasteiger partial charge in [0, 0.05) is 24.5 Å². The molecule has 0 saturated carbocycles. The molecule has 4 N–H and O–H groups in total. The minimum absolute atomic E-state index is 0.343. The summed E-state index contributed by atoms with van der Waals surface area (Å²) in [6, 6.07) is -0.343. The largest absolute Gasteiger partial charge is 0.366 e. The minimum Gasteiger partial charge on any atom is -0.366 e. The number of aromatic nitrogens is 2. The molecule has 0 aliphatic carbocycles. The van der Waals surface area contributed by atoms with E-state index in [9.17, 15) is 4.79 Å². The van der Waals surface area contributed by atoms with Crippen LogP contribution in [0.15, 0.2) is 17.5 Å². The zero-order valence-electron chi connectivity index (χ0n) is 10.4. The summed E-state index contributed by atoms with van der Waals surface area (Å²) in [7, 11) is 1.83. The standard InChI is InChI=1S/C11H15N5OS/c1-5-7(4-16(3)15-5)9-8(10(12)17)6(2)13-11(18)14-9/h4,9H,1-3H3,(H2,12,17)(H2,13,14,18)/t9-/m1/s1. The number of allylic oxidation sites excluding steroid dienone is 1. The molecular formula is C11H15N5OS. The first-order valence-corrected chi connectivity index (χ1v) is 5.89. The van der Waals surface area contributed by atoms with Crippen LogP contribution >= 0.6 is 12.2 Å². The van der Waals surface area contributed by atoms with E-state index in [0.717, 1.165) is 11.3 Å². The van der Waals surface area contributed by atoms with Gasteiger partial charge in [-0.2, -0.15) is 5.10 Å². The van der Waals surface area contributed by atoms with Gasteiger partial charge in [-0.05, 0) is 26.1 Å². The highest BCUT2D eigenvalue weighted by atomic mass is 32.1. The number of primary amides is 1. The lowest BCUT2D eigenvalue weighted by Gasteiger charge is -2.28. The van der Waals surface area contributed by atoms with E-state index in [0.29, 0.717) is 16.4 Å². The summed E-state index contributed by atoms with van der Waals surface area (Å²) < 4.78 is 1.70. The summed E-state index contributed by atoms with van der Waals surface area (Å²) in [4.78, 5) is 11.6. The smallest absolute Gasteiger partial charge is 0.248 e. The maximum atomic E-state index is 11.6. The summed E-state index contributed by atoms with van der Waals surface area (Å²) in [6.45, 7) is 3.67. The molecule has 0 bridgehead atoms. The number of hydrogen-bond acceptors (Lipinski definition) is 3. The third-order valence-electron chi connectivity index (χ3n) is 2.90. The predicted octanol–water partition coefficient (Wildman–Crippen LogP) is 0.00662. The van der Waals surface area contributed by atoms with Crippen LogP contribution in [-0.4, -0.2) is 20.8 Å². The van der Waals surface area contributed by atoms with Crippen LogP contribution in [0.25, 0.3) is 0 Å². The summed E-state index contributed by atoms with van der Waals surface area (Å²) in [5, 5.41) is 10.7. The van der Waals surface area contributed by atoms with Crippen LogP contribution in [0.3, 0.4) is 0 Å². The van der Waals surface area contributed by atoms with E-state index in [1.54, 1.807) is 11.6 Å². The Morgan fingerprint density at radius 2 is 2.22 bits per heavy atom.